The molecule has 1 aromatic heterocycles. The summed E-state index contributed by atoms with van der Waals surface area (Å²) in [6.07, 6.45) is 6.64. The molecule has 0 saturated carbocycles. The smallest absolute Gasteiger partial charge is 0.138 e. The number of nitrogens with zero attached hydrogens (tertiary/aromatic N) is 1. The molecule has 68 valence electrons. The number of hydrogen-bond donors (Lipinski definition) is 0. The summed E-state index contributed by atoms with van der Waals surface area (Å²) >= 11 is 5.68. The minimum atomic E-state index is 0.427. The zero-order valence-corrected chi connectivity index (χ0v) is 7.87. The summed E-state index contributed by atoms with van der Waals surface area (Å²) in [6.45, 7) is 3.95. The second kappa shape index (κ2) is 5.38. The van der Waals surface area contributed by atoms with Gasteiger partial charge in [-0.1, -0.05) is 24.3 Å². The maximum absolute atomic E-state index is 5.68. The van der Waals surface area contributed by atoms with E-state index < -0.39 is 0 Å². The van der Waals surface area contributed by atoms with Crippen molar-refractivity contribution in [2.24, 2.45) is 0 Å². The van der Waals surface area contributed by atoms with Crippen molar-refractivity contribution in [2.75, 3.05) is 6.61 Å². The predicted octanol–water partition coefficient (Wildman–Crippen LogP) is 2.77. The minimum Gasteiger partial charge on any atom is -0.488 e. The van der Waals surface area contributed by atoms with E-state index in [1.165, 1.54) is 0 Å². The lowest BCUT2D eigenvalue weighted by Gasteiger charge is -2.00. The van der Waals surface area contributed by atoms with Crippen LogP contribution < -0.4 is 4.74 Å². The second-order valence-electron chi connectivity index (χ2n) is 2.29. The molecule has 0 aliphatic rings. The summed E-state index contributed by atoms with van der Waals surface area (Å²) in [5, 5.41) is 0.587. The van der Waals surface area contributed by atoms with Crippen molar-refractivity contribution in [3.63, 3.8) is 0 Å². The first-order valence-corrected chi connectivity index (χ1v) is 4.21. The summed E-state index contributed by atoms with van der Waals surface area (Å²) in [5.41, 5.74) is 0. The van der Waals surface area contributed by atoms with Gasteiger partial charge >= 0.3 is 0 Å². The fourth-order valence-electron chi connectivity index (χ4n) is 0.733. The molecule has 0 N–H and O–H groups in total. The van der Waals surface area contributed by atoms with Gasteiger partial charge in [-0.25, -0.2) is 0 Å². The number of halogens is 1. The molecular weight excluding hydrogens is 186 g/mol. The van der Waals surface area contributed by atoms with Crippen LogP contribution in [-0.2, 0) is 0 Å². The summed E-state index contributed by atoms with van der Waals surface area (Å²) in [7, 11) is 0. The highest BCUT2D eigenvalue weighted by Gasteiger charge is 1.89. The molecule has 1 heterocycles. The lowest BCUT2D eigenvalue weighted by Crippen LogP contribution is -1.93. The third-order valence-corrected chi connectivity index (χ3v) is 1.67. The molecule has 1 rings (SSSR count). The SMILES string of the molecule is C=C/C(Cl)=C/COc1cccnc1. The third-order valence-electron chi connectivity index (χ3n) is 1.36. The van der Waals surface area contributed by atoms with Crippen LogP contribution in [0.3, 0.4) is 0 Å². The molecule has 0 radical (unpaired) electrons. The van der Waals surface area contributed by atoms with Gasteiger partial charge in [0.2, 0.25) is 0 Å². The van der Waals surface area contributed by atoms with Crippen LogP contribution in [0.25, 0.3) is 0 Å². The highest BCUT2D eigenvalue weighted by atomic mass is 35.5. The monoisotopic (exact) mass is 195 g/mol. The van der Waals surface area contributed by atoms with Crippen LogP contribution in [0.15, 0.2) is 48.3 Å². The van der Waals surface area contributed by atoms with Crippen molar-refractivity contribution in [1.29, 1.82) is 0 Å². The van der Waals surface area contributed by atoms with Crippen LogP contribution >= 0.6 is 11.6 Å². The molecule has 0 amide bonds. The molecule has 0 spiro atoms. The van der Waals surface area contributed by atoms with Gasteiger partial charge in [0.25, 0.3) is 0 Å². The van der Waals surface area contributed by atoms with E-state index in [9.17, 15) is 0 Å². The number of ether oxygens (including phenoxy) is 1. The average Bonchev–Trinajstić information content (AvgIpc) is 2.19. The van der Waals surface area contributed by atoms with Gasteiger partial charge in [0.15, 0.2) is 0 Å². The number of pyridine rings is 1. The fraction of sp³-hybridized carbons (Fsp3) is 0.100. The molecule has 2 nitrogen and oxygen atoms in total. The fourth-order valence-corrected chi connectivity index (χ4v) is 0.796. The third kappa shape index (κ3) is 3.76. The number of allylic oxidation sites excluding steroid dienone is 2. The van der Waals surface area contributed by atoms with Crippen molar-refractivity contribution in [1.82, 2.24) is 4.98 Å². The Bertz CT molecular complexity index is 295. The predicted molar refractivity (Wildman–Crippen MR) is 53.9 cm³/mol. The van der Waals surface area contributed by atoms with Gasteiger partial charge in [-0.15, -0.1) is 0 Å². The lowest BCUT2D eigenvalue weighted by molar-refractivity contribution is 0.361. The maximum atomic E-state index is 5.68. The molecule has 3 heteroatoms. The Labute approximate surface area is 82.5 Å². The Morgan fingerprint density at radius 1 is 1.69 bits per heavy atom. The number of aromatic nitrogens is 1. The molecule has 0 aliphatic heterocycles. The van der Waals surface area contributed by atoms with E-state index in [1.807, 2.05) is 12.1 Å². The van der Waals surface area contributed by atoms with E-state index >= 15 is 0 Å². The Morgan fingerprint density at radius 3 is 3.15 bits per heavy atom. The number of rotatable bonds is 4. The van der Waals surface area contributed by atoms with Crippen LogP contribution in [0.4, 0.5) is 0 Å². The maximum Gasteiger partial charge on any atom is 0.138 e. The van der Waals surface area contributed by atoms with Crippen LogP contribution in [0.1, 0.15) is 0 Å². The van der Waals surface area contributed by atoms with Crippen molar-refractivity contribution in [3.8, 4) is 5.75 Å². The molecule has 13 heavy (non-hydrogen) atoms. The molecule has 0 fully saturated rings. The summed E-state index contributed by atoms with van der Waals surface area (Å²) < 4.78 is 5.31. The lowest BCUT2D eigenvalue weighted by atomic mass is 10.4. The Kier molecular flexibility index (Phi) is 4.06. The summed E-state index contributed by atoms with van der Waals surface area (Å²) in [5.74, 6) is 0.729. The first kappa shape index (κ1) is 9.81. The summed E-state index contributed by atoms with van der Waals surface area (Å²) in [6, 6.07) is 3.65. The number of hydrogen-bond acceptors (Lipinski definition) is 2. The highest BCUT2D eigenvalue weighted by Crippen LogP contribution is 2.07. The van der Waals surface area contributed by atoms with E-state index in [2.05, 4.69) is 11.6 Å². The van der Waals surface area contributed by atoms with Gasteiger partial charge in [-0.2, -0.15) is 0 Å². The van der Waals surface area contributed by atoms with Gasteiger partial charge in [-0.3, -0.25) is 4.98 Å². The highest BCUT2D eigenvalue weighted by molar-refractivity contribution is 6.31. The largest absolute Gasteiger partial charge is 0.488 e. The molecular formula is C10H10ClNO. The molecule has 0 atom stereocenters. The van der Waals surface area contributed by atoms with Gasteiger partial charge < -0.3 is 4.74 Å². The summed E-state index contributed by atoms with van der Waals surface area (Å²) in [4.78, 5) is 3.90. The molecule has 0 unspecified atom stereocenters. The van der Waals surface area contributed by atoms with Gasteiger partial charge in [-0.05, 0) is 18.2 Å². The first-order chi connectivity index (χ1) is 6.33. The van der Waals surface area contributed by atoms with E-state index in [1.54, 1.807) is 24.5 Å². The minimum absolute atomic E-state index is 0.427. The molecule has 0 bridgehead atoms. The molecule has 1 aromatic rings. The van der Waals surface area contributed by atoms with Crippen LogP contribution in [0, 0.1) is 0 Å². The quantitative estimate of drug-likeness (QED) is 0.690. The van der Waals surface area contributed by atoms with Gasteiger partial charge in [0, 0.05) is 11.2 Å². The first-order valence-electron chi connectivity index (χ1n) is 3.84. The van der Waals surface area contributed by atoms with Crippen LogP contribution in [0.2, 0.25) is 0 Å². The van der Waals surface area contributed by atoms with E-state index in [4.69, 9.17) is 16.3 Å². The van der Waals surface area contributed by atoms with Crippen molar-refractivity contribution in [2.45, 2.75) is 0 Å². The van der Waals surface area contributed by atoms with Gasteiger partial charge in [0.1, 0.15) is 12.4 Å². The Balaban J connectivity index is 2.40. The van der Waals surface area contributed by atoms with E-state index in [0.717, 1.165) is 5.75 Å². The van der Waals surface area contributed by atoms with E-state index in [-0.39, 0.29) is 0 Å². The van der Waals surface area contributed by atoms with Crippen LogP contribution in [0.5, 0.6) is 5.75 Å². The van der Waals surface area contributed by atoms with Crippen molar-refractivity contribution < 1.29 is 4.74 Å². The van der Waals surface area contributed by atoms with Crippen LogP contribution in [-0.4, -0.2) is 11.6 Å². The average molecular weight is 196 g/mol. The molecule has 0 aromatic carbocycles. The Morgan fingerprint density at radius 2 is 2.54 bits per heavy atom. The Hall–Kier alpha value is -1.28. The zero-order chi connectivity index (χ0) is 9.52. The normalized spacial score (nSPS) is 11.0. The second-order valence-corrected chi connectivity index (χ2v) is 2.73. The standard InChI is InChI=1S/C10H10ClNO/c1-2-9(11)5-7-13-10-4-3-6-12-8-10/h2-6,8H,1,7H2/b9-5-. The van der Waals surface area contributed by atoms with Crippen molar-refractivity contribution >= 4 is 11.6 Å². The zero-order valence-electron chi connectivity index (χ0n) is 7.11. The van der Waals surface area contributed by atoms with Gasteiger partial charge in [0.05, 0.1) is 6.20 Å². The van der Waals surface area contributed by atoms with E-state index in [0.29, 0.717) is 11.6 Å². The van der Waals surface area contributed by atoms with Crippen molar-refractivity contribution in [3.05, 3.63) is 48.3 Å². The molecule has 0 aliphatic carbocycles. The molecule has 0 saturated heterocycles. The topological polar surface area (TPSA) is 22.1 Å².